The Labute approximate surface area is 121 Å². The first-order valence-corrected chi connectivity index (χ1v) is 6.78. The largest absolute Gasteiger partial charge is 0.481 e. The number of halogens is 1. The van der Waals surface area contributed by atoms with Gasteiger partial charge in [0.25, 0.3) is 0 Å². The van der Waals surface area contributed by atoms with Gasteiger partial charge in [-0.2, -0.15) is 5.10 Å². The van der Waals surface area contributed by atoms with E-state index in [1.807, 2.05) is 43.3 Å². The average molecular weight is 325 g/mol. The highest BCUT2D eigenvalue weighted by Gasteiger charge is 2.17. The molecule has 19 heavy (non-hydrogen) atoms. The molecule has 6 heteroatoms. The van der Waals surface area contributed by atoms with Gasteiger partial charge in [-0.3, -0.25) is 4.68 Å². The van der Waals surface area contributed by atoms with Crippen LogP contribution in [0.3, 0.4) is 0 Å². The maximum atomic E-state index is 5.06. The maximum absolute atomic E-state index is 5.06. The Bertz CT molecular complexity index is 519. The lowest BCUT2D eigenvalue weighted by molar-refractivity contribution is 0.397. The van der Waals surface area contributed by atoms with E-state index in [0.29, 0.717) is 5.88 Å². The maximum Gasteiger partial charge on any atom is 0.212 e. The van der Waals surface area contributed by atoms with Gasteiger partial charge in [0.15, 0.2) is 0 Å². The molecule has 1 N–H and O–H groups in total. The summed E-state index contributed by atoms with van der Waals surface area (Å²) in [5, 5.41) is 7.56. The van der Waals surface area contributed by atoms with Crippen LogP contribution in [0.25, 0.3) is 0 Å². The van der Waals surface area contributed by atoms with E-state index in [1.165, 1.54) is 0 Å². The molecule has 0 amide bonds. The van der Waals surface area contributed by atoms with Crippen LogP contribution >= 0.6 is 15.9 Å². The molecule has 0 aliphatic carbocycles. The lowest BCUT2D eigenvalue weighted by Gasteiger charge is -2.17. The molecular weight excluding hydrogens is 308 g/mol. The quantitative estimate of drug-likeness (QED) is 0.915. The van der Waals surface area contributed by atoms with Crippen molar-refractivity contribution in [3.8, 4) is 5.88 Å². The number of aryl methyl sites for hydroxylation is 1. The minimum absolute atomic E-state index is 0.178. The molecule has 0 bridgehead atoms. The molecule has 102 valence electrons. The molecule has 5 nitrogen and oxygen atoms in total. The number of nitrogens with zero attached hydrogens (tertiary/aromatic N) is 3. The Kier molecular flexibility index (Phi) is 4.55. The second kappa shape index (κ2) is 6.16. The highest BCUT2D eigenvalue weighted by Crippen LogP contribution is 2.25. The number of likely N-dealkylation sites (N-methyl/N-ethyl adjacent to an activating group) is 1. The first kappa shape index (κ1) is 14.0. The van der Waals surface area contributed by atoms with Gasteiger partial charge in [0.2, 0.25) is 5.88 Å². The van der Waals surface area contributed by atoms with Gasteiger partial charge < -0.3 is 10.1 Å². The van der Waals surface area contributed by atoms with Crippen LogP contribution in [0.1, 0.15) is 17.3 Å². The molecule has 1 unspecified atom stereocenters. The first-order valence-electron chi connectivity index (χ1n) is 5.99. The highest BCUT2D eigenvalue weighted by molar-refractivity contribution is 9.10. The second-order valence-corrected chi connectivity index (χ2v) is 5.11. The van der Waals surface area contributed by atoms with E-state index in [0.717, 1.165) is 22.2 Å². The zero-order chi connectivity index (χ0) is 13.8. The Balaban J connectivity index is 2.19. The smallest absolute Gasteiger partial charge is 0.212 e. The molecule has 0 radical (unpaired) electrons. The summed E-state index contributed by atoms with van der Waals surface area (Å²) < 4.78 is 7.95. The minimum atomic E-state index is 0.178. The number of nitrogens with one attached hydrogen (secondary N) is 1. The van der Waals surface area contributed by atoms with E-state index >= 15 is 0 Å². The van der Waals surface area contributed by atoms with Gasteiger partial charge in [0.1, 0.15) is 0 Å². The third-order valence-electron chi connectivity index (χ3n) is 3.06. The van der Waals surface area contributed by atoms with Gasteiger partial charge >= 0.3 is 0 Å². The zero-order valence-electron chi connectivity index (χ0n) is 11.2. The molecule has 0 saturated carbocycles. The lowest BCUT2D eigenvalue weighted by atomic mass is 10.1. The van der Waals surface area contributed by atoms with Crippen molar-refractivity contribution in [2.45, 2.75) is 12.5 Å². The molecule has 0 aliphatic heterocycles. The molecule has 1 atom stereocenters. The van der Waals surface area contributed by atoms with E-state index in [4.69, 9.17) is 4.74 Å². The predicted molar refractivity (Wildman–Crippen MR) is 77.2 cm³/mol. The van der Waals surface area contributed by atoms with Crippen LogP contribution in [0.4, 0.5) is 0 Å². The molecule has 0 spiro atoms. The molecule has 2 aromatic rings. The van der Waals surface area contributed by atoms with Gasteiger partial charge in [-0.25, -0.2) is 4.98 Å². The van der Waals surface area contributed by atoms with Crippen molar-refractivity contribution in [2.75, 3.05) is 14.2 Å². The third-order valence-corrected chi connectivity index (χ3v) is 3.67. The van der Waals surface area contributed by atoms with Crippen molar-refractivity contribution in [1.29, 1.82) is 0 Å². The summed E-state index contributed by atoms with van der Waals surface area (Å²) in [6, 6.07) is 4.08. The fourth-order valence-electron chi connectivity index (χ4n) is 2.04. The van der Waals surface area contributed by atoms with Crippen molar-refractivity contribution in [1.82, 2.24) is 20.1 Å². The fourth-order valence-corrected chi connectivity index (χ4v) is 2.66. The summed E-state index contributed by atoms with van der Waals surface area (Å²) in [6.07, 6.45) is 4.49. The predicted octanol–water partition coefficient (Wildman–Crippen LogP) is 2.09. The minimum Gasteiger partial charge on any atom is -0.481 e. The van der Waals surface area contributed by atoms with Crippen LogP contribution in [0, 0.1) is 0 Å². The monoisotopic (exact) mass is 324 g/mol. The molecule has 2 rings (SSSR count). The van der Waals surface area contributed by atoms with Crippen molar-refractivity contribution < 1.29 is 4.74 Å². The van der Waals surface area contributed by atoms with Crippen molar-refractivity contribution in [3.05, 3.63) is 40.3 Å². The number of methoxy groups -OCH3 is 1. The molecule has 0 fully saturated rings. The molecule has 2 aromatic heterocycles. The van der Waals surface area contributed by atoms with Crippen molar-refractivity contribution in [2.24, 2.45) is 7.05 Å². The summed E-state index contributed by atoms with van der Waals surface area (Å²) in [6.45, 7) is 0. The van der Waals surface area contributed by atoms with E-state index in [2.05, 4.69) is 31.3 Å². The Morgan fingerprint density at radius 3 is 2.68 bits per heavy atom. The summed E-state index contributed by atoms with van der Waals surface area (Å²) in [7, 11) is 5.50. The van der Waals surface area contributed by atoms with E-state index in [9.17, 15) is 0 Å². The SMILES string of the molecule is CNC(Cc1ccc(OC)nc1)c1c(Br)cnn1C. The normalized spacial score (nSPS) is 12.4. The average Bonchev–Trinajstić information content (AvgIpc) is 2.76. The fraction of sp³-hybridized carbons (Fsp3) is 0.385. The number of aromatic nitrogens is 3. The van der Waals surface area contributed by atoms with Gasteiger partial charge in [-0.05, 0) is 35.0 Å². The number of hydrogen-bond donors (Lipinski definition) is 1. The number of pyridine rings is 1. The van der Waals surface area contributed by atoms with Gasteiger partial charge in [0.05, 0.1) is 29.5 Å². The summed E-state index contributed by atoms with van der Waals surface area (Å²) in [5.41, 5.74) is 2.27. The van der Waals surface area contributed by atoms with E-state index in [-0.39, 0.29) is 6.04 Å². The Hall–Kier alpha value is -1.40. The highest BCUT2D eigenvalue weighted by atomic mass is 79.9. The molecule has 2 heterocycles. The van der Waals surface area contributed by atoms with Gasteiger partial charge in [0, 0.05) is 19.3 Å². The van der Waals surface area contributed by atoms with Crippen LogP contribution < -0.4 is 10.1 Å². The summed E-state index contributed by atoms with van der Waals surface area (Å²) >= 11 is 3.54. The number of ether oxygens (including phenoxy) is 1. The van der Waals surface area contributed by atoms with Gasteiger partial charge in [-0.1, -0.05) is 6.07 Å². The zero-order valence-corrected chi connectivity index (χ0v) is 12.8. The van der Waals surface area contributed by atoms with Crippen LogP contribution in [0.15, 0.2) is 29.0 Å². The van der Waals surface area contributed by atoms with Crippen molar-refractivity contribution in [3.63, 3.8) is 0 Å². The van der Waals surface area contributed by atoms with Crippen LogP contribution in [0.5, 0.6) is 5.88 Å². The standard InChI is InChI=1S/C13H17BrN4O/c1-15-11(13-10(14)8-17-18(13)2)6-9-4-5-12(19-3)16-7-9/h4-5,7-8,11,15H,6H2,1-3H3. The summed E-state index contributed by atoms with van der Waals surface area (Å²) in [4.78, 5) is 4.23. The number of rotatable bonds is 5. The Morgan fingerprint density at radius 1 is 1.42 bits per heavy atom. The Morgan fingerprint density at radius 2 is 2.21 bits per heavy atom. The molecule has 0 aliphatic rings. The van der Waals surface area contributed by atoms with Crippen LogP contribution in [-0.2, 0) is 13.5 Å². The first-order chi connectivity index (χ1) is 9.15. The van der Waals surface area contributed by atoms with Crippen LogP contribution in [-0.4, -0.2) is 28.9 Å². The summed E-state index contributed by atoms with van der Waals surface area (Å²) in [5.74, 6) is 0.631. The second-order valence-electron chi connectivity index (χ2n) is 4.26. The van der Waals surface area contributed by atoms with Crippen LogP contribution in [0.2, 0.25) is 0 Å². The molecular formula is C13H17BrN4O. The van der Waals surface area contributed by atoms with Gasteiger partial charge in [-0.15, -0.1) is 0 Å². The lowest BCUT2D eigenvalue weighted by Crippen LogP contribution is -2.22. The topological polar surface area (TPSA) is 52.0 Å². The van der Waals surface area contributed by atoms with E-state index in [1.54, 1.807) is 7.11 Å². The molecule has 0 saturated heterocycles. The van der Waals surface area contributed by atoms with E-state index < -0.39 is 0 Å². The molecule has 0 aromatic carbocycles. The third kappa shape index (κ3) is 3.13. The number of hydrogen-bond acceptors (Lipinski definition) is 4. The van der Waals surface area contributed by atoms with Crippen molar-refractivity contribution >= 4 is 15.9 Å².